The lowest BCUT2D eigenvalue weighted by Gasteiger charge is -2.31. The zero-order valence-corrected chi connectivity index (χ0v) is 17.4. The number of aryl methyl sites for hydroxylation is 1. The molecule has 0 bridgehead atoms. The van der Waals surface area contributed by atoms with Gasteiger partial charge < -0.3 is 9.47 Å². The Morgan fingerprint density at radius 2 is 1.69 bits per heavy atom. The second-order valence-electron chi connectivity index (χ2n) is 7.42. The summed E-state index contributed by atoms with van der Waals surface area (Å²) in [6, 6.07) is 23.5. The van der Waals surface area contributed by atoms with E-state index in [9.17, 15) is 0 Å². The first kappa shape index (κ1) is 18.3. The molecule has 4 heteroatoms. The highest BCUT2D eigenvalue weighted by Gasteiger charge is 2.36. The molecule has 146 valence electrons. The van der Waals surface area contributed by atoms with Gasteiger partial charge in [0.2, 0.25) is 0 Å². The van der Waals surface area contributed by atoms with E-state index in [-0.39, 0.29) is 5.25 Å². The minimum absolute atomic E-state index is 0.269. The third-order valence-corrected chi connectivity index (χ3v) is 7.28. The fourth-order valence-corrected chi connectivity index (χ4v) is 5.78. The summed E-state index contributed by atoms with van der Waals surface area (Å²) in [5.74, 6) is 1.89. The molecule has 0 aromatic heterocycles. The van der Waals surface area contributed by atoms with Crippen molar-refractivity contribution in [3.05, 3.63) is 83.4 Å². The van der Waals surface area contributed by atoms with Crippen LogP contribution < -0.4 is 9.47 Å². The average Bonchev–Trinajstić information content (AvgIpc) is 2.95. The van der Waals surface area contributed by atoms with E-state index in [0.717, 1.165) is 30.0 Å². The van der Waals surface area contributed by atoms with Gasteiger partial charge in [-0.25, -0.2) is 0 Å². The number of benzene rings is 3. The first-order valence-corrected chi connectivity index (χ1v) is 10.8. The smallest absolute Gasteiger partial charge is 0.161 e. The lowest BCUT2D eigenvalue weighted by molar-refractivity contribution is 0.354. The van der Waals surface area contributed by atoms with Gasteiger partial charge in [0, 0.05) is 16.1 Å². The van der Waals surface area contributed by atoms with Crippen molar-refractivity contribution in [2.75, 3.05) is 14.2 Å². The molecule has 0 N–H and O–H groups in total. The number of ether oxygens (including phenoxy) is 2. The molecule has 0 saturated heterocycles. The second kappa shape index (κ2) is 7.60. The number of methoxy groups -OCH3 is 2. The van der Waals surface area contributed by atoms with Gasteiger partial charge in [-0.2, -0.15) is 0 Å². The summed E-state index contributed by atoms with van der Waals surface area (Å²) in [6.07, 6.45) is 2.18. The number of aliphatic imine (C=N–C) groups is 1. The number of para-hydroxylation sites is 1. The van der Waals surface area contributed by atoms with E-state index < -0.39 is 0 Å². The highest BCUT2D eigenvalue weighted by molar-refractivity contribution is 7.99. The maximum atomic E-state index is 5.60. The van der Waals surface area contributed by atoms with E-state index in [4.69, 9.17) is 14.5 Å². The lowest BCUT2D eigenvalue weighted by atomic mass is 9.78. The van der Waals surface area contributed by atoms with Crippen molar-refractivity contribution in [2.45, 2.75) is 23.0 Å². The van der Waals surface area contributed by atoms with Gasteiger partial charge in [-0.1, -0.05) is 42.5 Å². The molecule has 0 amide bonds. The zero-order chi connectivity index (χ0) is 19.8. The van der Waals surface area contributed by atoms with Crippen LogP contribution in [0.25, 0.3) is 0 Å². The molecule has 0 fully saturated rings. The standard InChI is InChI=1S/C25H23NO2S/c1-27-21-14-12-17(15-22(21)28-2)25-19-13-11-16-7-3-4-8-18(16)24(19)26-20-9-5-6-10-23(20)29-25/h3-10,12,14-15,19,25H,11,13H2,1-2H3/t19-,25+/m0/s1. The van der Waals surface area contributed by atoms with Crippen LogP contribution in [0.3, 0.4) is 0 Å². The quantitative estimate of drug-likeness (QED) is 0.521. The first-order valence-electron chi connectivity index (χ1n) is 9.93. The number of hydrogen-bond acceptors (Lipinski definition) is 4. The molecule has 5 rings (SSSR count). The molecule has 1 aliphatic carbocycles. The molecule has 29 heavy (non-hydrogen) atoms. The Morgan fingerprint density at radius 1 is 0.897 bits per heavy atom. The molecular weight excluding hydrogens is 378 g/mol. The molecule has 3 nitrogen and oxygen atoms in total. The predicted molar refractivity (Wildman–Crippen MR) is 119 cm³/mol. The summed E-state index contributed by atoms with van der Waals surface area (Å²) in [7, 11) is 3.37. The third kappa shape index (κ3) is 3.22. The minimum atomic E-state index is 0.269. The van der Waals surface area contributed by atoms with Gasteiger partial charge in [0.25, 0.3) is 0 Å². The van der Waals surface area contributed by atoms with Gasteiger partial charge in [0.1, 0.15) is 0 Å². The maximum Gasteiger partial charge on any atom is 0.161 e. The fraction of sp³-hybridized carbons (Fsp3) is 0.240. The van der Waals surface area contributed by atoms with Crippen molar-refractivity contribution in [1.29, 1.82) is 0 Å². The van der Waals surface area contributed by atoms with Crippen LogP contribution in [0, 0.1) is 5.92 Å². The molecule has 0 unspecified atom stereocenters. The van der Waals surface area contributed by atoms with Gasteiger partial charge in [0.05, 0.1) is 25.6 Å². The van der Waals surface area contributed by atoms with Crippen LogP contribution in [0.5, 0.6) is 11.5 Å². The summed E-state index contributed by atoms with van der Waals surface area (Å²) in [4.78, 5) is 6.42. The molecule has 0 radical (unpaired) electrons. The van der Waals surface area contributed by atoms with E-state index in [2.05, 4.69) is 60.7 Å². The summed E-state index contributed by atoms with van der Waals surface area (Å²) in [5.41, 5.74) is 6.23. The van der Waals surface area contributed by atoms with Crippen LogP contribution >= 0.6 is 11.8 Å². The molecule has 1 heterocycles. The number of rotatable bonds is 3. The zero-order valence-electron chi connectivity index (χ0n) is 16.6. The maximum absolute atomic E-state index is 5.60. The highest BCUT2D eigenvalue weighted by Crippen LogP contribution is 2.51. The Bertz CT molecular complexity index is 1090. The van der Waals surface area contributed by atoms with Gasteiger partial charge in [-0.15, -0.1) is 11.8 Å². The van der Waals surface area contributed by atoms with Crippen LogP contribution in [-0.4, -0.2) is 19.9 Å². The lowest BCUT2D eigenvalue weighted by Crippen LogP contribution is -2.27. The molecule has 3 aromatic rings. The Hall–Kier alpha value is -2.72. The van der Waals surface area contributed by atoms with E-state index in [1.54, 1.807) is 14.2 Å². The van der Waals surface area contributed by atoms with E-state index in [0.29, 0.717) is 5.92 Å². The molecule has 2 atom stereocenters. The van der Waals surface area contributed by atoms with Crippen molar-refractivity contribution in [3.63, 3.8) is 0 Å². The van der Waals surface area contributed by atoms with E-state index in [1.165, 1.54) is 27.3 Å². The monoisotopic (exact) mass is 401 g/mol. The summed E-state index contributed by atoms with van der Waals surface area (Å²) in [5, 5.41) is 0.269. The Kier molecular flexibility index (Phi) is 4.80. The van der Waals surface area contributed by atoms with Crippen LogP contribution in [-0.2, 0) is 6.42 Å². The largest absolute Gasteiger partial charge is 0.493 e. The van der Waals surface area contributed by atoms with E-state index >= 15 is 0 Å². The molecule has 2 aliphatic rings. The Labute approximate surface area is 175 Å². The third-order valence-electron chi connectivity index (χ3n) is 5.83. The summed E-state index contributed by atoms with van der Waals surface area (Å²) >= 11 is 1.91. The van der Waals surface area contributed by atoms with Gasteiger partial charge in [0.15, 0.2) is 11.5 Å². The molecule has 0 saturated carbocycles. The van der Waals surface area contributed by atoms with E-state index in [1.807, 2.05) is 17.8 Å². The summed E-state index contributed by atoms with van der Waals surface area (Å²) in [6.45, 7) is 0. The average molecular weight is 402 g/mol. The van der Waals surface area contributed by atoms with Crippen LogP contribution in [0.15, 0.2) is 76.6 Å². The molecule has 1 aliphatic heterocycles. The van der Waals surface area contributed by atoms with Crippen LogP contribution in [0.2, 0.25) is 0 Å². The first-order chi connectivity index (χ1) is 14.3. The van der Waals surface area contributed by atoms with Crippen LogP contribution in [0.1, 0.15) is 28.4 Å². The number of fused-ring (bicyclic) bond motifs is 4. The van der Waals surface area contributed by atoms with Crippen molar-refractivity contribution >= 4 is 23.2 Å². The van der Waals surface area contributed by atoms with Crippen molar-refractivity contribution in [3.8, 4) is 11.5 Å². The molecule has 3 aromatic carbocycles. The molecular formula is C25H23NO2S. The predicted octanol–water partition coefficient (Wildman–Crippen LogP) is 6.23. The normalized spacial score (nSPS) is 19.9. The van der Waals surface area contributed by atoms with Crippen LogP contribution in [0.4, 0.5) is 5.69 Å². The van der Waals surface area contributed by atoms with Gasteiger partial charge in [-0.3, -0.25) is 4.99 Å². The van der Waals surface area contributed by atoms with Crippen molar-refractivity contribution < 1.29 is 9.47 Å². The van der Waals surface area contributed by atoms with Crippen molar-refractivity contribution in [1.82, 2.24) is 0 Å². The minimum Gasteiger partial charge on any atom is -0.493 e. The summed E-state index contributed by atoms with van der Waals surface area (Å²) < 4.78 is 11.1. The Balaban J connectivity index is 1.67. The highest BCUT2D eigenvalue weighted by atomic mass is 32.2. The fourth-order valence-electron chi connectivity index (χ4n) is 4.40. The SMILES string of the molecule is COc1ccc([C@H]2Sc3ccccc3N=C3c4ccccc4CC[C@@H]32)cc1OC. The Morgan fingerprint density at radius 3 is 2.55 bits per heavy atom. The number of nitrogens with zero attached hydrogens (tertiary/aromatic N) is 1. The number of hydrogen-bond donors (Lipinski definition) is 0. The van der Waals surface area contributed by atoms with Crippen molar-refractivity contribution in [2.24, 2.45) is 10.9 Å². The second-order valence-corrected chi connectivity index (χ2v) is 8.60. The topological polar surface area (TPSA) is 30.8 Å². The van der Waals surface area contributed by atoms with Gasteiger partial charge in [-0.05, 0) is 53.8 Å². The number of thioether (sulfide) groups is 1. The molecule has 0 spiro atoms. The van der Waals surface area contributed by atoms with Gasteiger partial charge >= 0.3 is 0 Å².